The summed E-state index contributed by atoms with van der Waals surface area (Å²) in [6, 6.07) is 20.1. The molecule has 0 radical (unpaired) electrons. The monoisotopic (exact) mass is 546 g/mol. The molecule has 0 amide bonds. The molecule has 2 N–H and O–H groups in total. The Kier molecular flexibility index (Phi) is 10.8. The number of aromatic nitrogens is 1. The van der Waals surface area contributed by atoms with Gasteiger partial charge in [-0.3, -0.25) is 9.98 Å². The molecule has 6 nitrogen and oxygen atoms in total. The minimum absolute atomic E-state index is 0. The van der Waals surface area contributed by atoms with Gasteiger partial charge in [0, 0.05) is 26.3 Å². The van der Waals surface area contributed by atoms with E-state index in [1.54, 1.807) is 20.4 Å². The summed E-state index contributed by atoms with van der Waals surface area (Å²) in [4.78, 5) is 8.57. The van der Waals surface area contributed by atoms with Gasteiger partial charge in [-0.05, 0) is 54.8 Å². The van der Waals surface area contributed by atoms with Crippen LogP contribution in [-0.2, 0) is 19.6 Å². The van der Waals surface area contributed by atoms with Crippen LogP contribution in [-0.4, -0.2) is 31.6 Å². The van der Waals surface area contributed by atoms with Crippen molar-refractivity contribution in [2.45, 2.75) is 26.5 Å². The number of methoxy groups -OCH3 is 1. The molecule has 0 aliphatic carbocycles. The van der Waals surface area contributed by atoms with Crippen molar-refractivity contribution in [2.75, 3.05) is 20.7 Å². The number of guanidine groups is 1. The Morgan fingerprint density at radius 2 is 1.84 bits per heavy atom. The number of benzene rings is 2. The molecular weight excluding hydrogens is 515 g/mol. The van der Waals surface area contributed by atoms with Gasteiger partial charge < -0.3 is 20.1 Å². The van der Waals surface area contributed by atoms with Gasteiger partial charge in [-0.2, -0.15) is 0 Å². The first-order valence-electron chi connectivity index (χ1n) is 10.4. The number of aliphatic imine (C=N–C) groups is 1. The molecule has 2 aromatic carbocycles. The van der Waals surface area contributed by atoms with E-state index >= 15 is 0 Å². The highest BCUT2D eigenvalue weighted by Gasteiger charge is 2.05. The van der Waals surface area contributed by atoms with E-state index in [4.69, 9.17) is 9.47 Å². The van der Waals surface area contributed by atoms with Crippen LogP contribution in [0.2, 0.25) is 0 Å². The highest BCUT2D eigenvalue weighted by Crippen LogP contribution is 2.19. The number of rotatable bonds is 9. The molecule has 1 aromatic heterocycles. The van der Waals surface area contributed by atoms with E-state index < -0.39 is 0 Å². The van der Waals surface area contributed by atoms with Crippen LogP contribution in [0.25, 0.3) is 0 Å². The van der Waals surface area contributed by atoms with E-state index in [1.807, 2.05) is 48.5 Å². The molecule has 0 atom stereocenters. The van der Waals surface area contributed by atoms with Gasteiger partial charge in [-0.15, -0.1) is 24.0 Å². The highest BCUT2D eigenvalue weighted by atomic mass is 127. The van der Waals surface area contributed by atoms with Gasteiger partial charge in [0.05, 0.1) is 12.8 Å². The summed E-state index contributed by atoms with van der Waals surface area (Å²) < 4.78 is 11.2. The largest absolute Gasteiger partial charge is 0.496 e. The second-order valence-corrected chi connectivity index (χ2v) is 7.17. The number of aryl methyl sites for hydroxylation is 1. The van der Waals surface area contributed by atoms with Crippen molar-refractivity contribution < 1.29 is 9.47 Å². The highest BCUT2D eigenvalue weighted by molar-refractivity contribution is 14.0. The first-order valence-corrected chi connectivity index (χ1v) is 10.4. The third kappa shape index (κ3) is 8.03. The third-order valence-electron chi connectivity index (χ3n) is 4.84. The molecule has 0 aliphatic heterocycles. The second kappa shape index (κ2) is 13.6. The van der Waals surface area contributed by atoms with Crippen LogP contribution < -0.4 is 20.1 Å². The van der Waals surface area contributed by atoms with Gasteiger partial charge >= 0.3 is 0 Å². The molecule has 7 heteroatoms. The van der Waals surface area contributed by atoms with Crippen molar-refractivity contribution in [3.05, 3.63) is 89.2 Å². The molecular formula is C25H31IN4O2. The summed E-state index contributed by atoms with van der Waals surface area (Å²) >= 11 is 0. The zero-order valence-electron chi connectivity index (χ0n) is 18.8. The number of hydrogen-bond donors (Lipinski definition) is 2. The van der Waals surface area contributed by atoms with Crippen molar-refractivity contribution in [1.82, 2.24) is 15.6 Å². The molecule has 170 valence electrons. The summed E-state index contributed by atoms with van der Waals surface area (Å²) in [5.41, 5.74) is 4.47. The number of nitrogens with one attached hydrogen (secondary N) is 2. The predicted octanol–water partition coefficient (Wildman–Crippen LogP) is 4.50. The Morgan fingerprint density at radius 3 is 2.53 bits per heavy atom. The maximum Gasteiger partial charge on any atom is 0.191 e. The summed E-state index contributed by atoms with van der Waals surface area (Å²) in [7, 11) is 3.48. The van der Waals surface area contributed by atoms with Crippen LogP contribution in [0, 0.1) is 6.92 Å². The molecule has 0 saturated carbocycles. The van der Waals surface area contributed by atoms with Crippen LogP contribution in [0.15, 0.2) is 71.9 Å². The lowest BCUT2D eigenvalue weighted by molar-refractivity contribution is 0.301. The van der Waals surface area contributed by atoms with Crippen LogP contribution in [0.3, 0.4) is 0 Å². The molecule has 0 fully saturated rings. The van der Waals surface area contributed by atoms with Crippen molar-refractivity contribution in [1.29, 1.82) is 0 Å². The Bertz CT molecular complexity index is 979. The fraction of sp³-hybridized carbons (Fsp3) is 0.280. The molecule has 32 heavy (non-hydrogen) atoms. The molecule has 0 saturated heterocycles. The number of nitrogens with zero attached hydrogens (tertiary/aromatic N) is 2. The van der Waals surface area contributed by atoms with Gasteiger partial charge in [0.1, 0.15) is 18.1 Å². The zero-order chi connectivity index (χ0) is 21.9. The Balaban J connectivity index is 0.00000363. The van der Waals surface area contributed by atoms with Gasteiger partial charge in [0.2, 0.25) is 0 Å². The second-order valence-electron chi connectivity index (χ2n) is 7.17. The predicted molar refractivity (Wildman–Crippen MR) is 140 cm³/mol. The summed E-state index contributed by atoms with van der Waals surface area (Å²) in [6.45, 7) is 3.99. The van der Waals surface area contributed by atoms with Crippen LogP contribution in [0.4, 0.5) is 0 Å². The van der Waals surface area contributed by atoms with E-state index in [9.17, 15) is 0 Å². The van der Waals surface area contributed by atoms with Gasteiger partial charge in [0.15, 0.2) is 5.96 Å². The molecule has 3 rings (SSSR count). The van der Waals surface area contributed by atoms with E-state index in [1.165, 1.54) is 11.1 Å². The van der Waals surface area contributed by atoms with Crippen molar-refractivity contribution in [3.8, 4) is 11.5 Å². The van der Waals surface area contributed by atoms with E-state index in [0.29, 0.717) is 13.2 Å². The van der Waals surface area contributed by atoms with Crippen LogP contribution >= 0.6 is 24.0 Å². The summed E-state index contributed by atoms with van der Waals surface area (Å²) in [5.74, 6) is 2.51. The fourth-order valence-corrected chi connectivity index (χ4v) is 3.17. The lowest BCUT2D eigenvalue weighted by atomic mass is 10.1. The van der Waals surface area contributed by atoms with E-state index in [2.05, 4.69) is 39.7 Å². The lowest BCUT2D eigenvalue weighted by Crippen LogP contribution is -2.37. The fourth-order valence-electron chi connectivity index (χ4n) is 3.17. The molecule has 1 heterocycles. The Morgan fingerprint density at radius 1 is 1.03 bits per heavy atom. The summed E-state index contributed by atoms with van der Waals surface area (Å²) in [6.07, 6.45) is 2.62. The molecule has 0 spiro atoms. The maximum atomic E-state index is 5.79. The molecule has 3 aromatic rings. The first kappa shape index (κ1) is 25.5. The van der Waals surface area contributed by atoms with Crippen molar-refractivity contribution >= 4 is 29.9 Å². The smallest absolute Gasteiger partial charge is 0.191 e. The zero-order valence-corrected chi connectivity index (χ0v) is 21.1. The number of halogens is 1. The van der Waals surface area contributed by atoms with Gasteiger partial charge in [0.25, 0.3) is 0 Å². The van der Waals surface area contributed by atoms with E-state index in [0.717, 1.165) is 41.7 Å². The minimum Gasteiger partial charge on any atom is -0.496 e. The van der Waals surface area contributed by atoms with E-state index in [-0.39, 0.29) is 24.0 Å². The van der Waals surface area contributed by atoms with Crippen molar-refractivity contribution in [2.24, 2.45) is 4.99 Å². The maximum absolute atomic E-state index is 5.79. The average Bonchev–Trinajstić information content (AvgIpc) is 2.81. The number of hydrogen-bond acceptors (Lipinski definition) is 4. The Labute approximate surface area is 207 Å². The molecule has 0 unspecified atom stereocenters. The topological polar surface area (TPSA) is 67.8 Å². The number of ether oxygens (including phenoxy) is 2. The van der Waals surface area contributed by atoms with Crippen molar-refractivity contribution in [3.63, 3.8) is 0 Å². The SMILES string of the molecule is CN=C(NCCc1cc(C)ccc1OC)NCc1ccc(OCc2ccccn2)cc1.I. The van der Waals surface area contributed by atoms with Crippen LogP contribution in [0.5, 0.6) is 11.5 Å². The first-order chi connectivity index (χ1) is 15.2. The lowest BCUT2D eigenvalue weighted by Gasteiger charge is -2.14. The van der Waals surface area contributed by atoms with Gasteiger partial charge in [-0.1, -0.05) is 35.9 Å². The summed E-state index contributed by atoms with van der Waals surface area (Å²) in [5, 5.41) is 6.71. The quantitative estimate of drug-likeness (QED) is 0.235. The average molecular weight is 546 g/mol. The minimum atomic E-state index is 0. The normalized spacial score (nSPS) is 10.8. The standard InChI is InChI=1S/C25H30N4O2.HI/c1-19-7-12-24(30-3)21(16-19)13-15-28-25(26-2)29-17-20-8-10-23(11-9-20)31-18-22-6-4-5-14-27-22;/h4-12,14,16H,13,15,17-18H2,1-3H3,(H2,26,28,29);1H. The van der Waals surface area contributed by atoms with Crippen LogP contribution in [0.1, 0.15) is 22.4 Å². The van der Waals surface area contributed by atoms with Gasteiger partial charge in [-0.25, -0.2) is 0 Å². The molecule has 0 aliphatic rings. The Hall–Kier alpha value is -2.81. The number of pyridine rings is 1. The third-order valence-corrected chi connectivity index (χ3v) is 4.84. The molecule has 0 bridgehead atoms.